The number of benzene rings is 2. The van der Waals surface area contributed by atoms with E-state index in [-0.39, 0.29) is 0 Å². The van der Waals surface area contributed by atoms with Gasteiger partial charge in [-0.2, -0.15) is 0 Å². The summed E-state index contributed by atoms with van der Waals surface area (Å²) < 4.78 is 2.34. The Bertz CT molecular complexity index is 900. The van der Waals surface area contributed by atoms with Crippen LogP contribution >= 0.6 is 0 Å². The molecular weight excluding hydrogens is 304 g/mol. The third kappa shape index (κ3) is 3.43. The van der Waals surface area contributed by atoms with Gasteiger partial charge >= 0.3 is 0 Å². The smallest absolute Gasteiger partial charge is 0.0661 e. The standard InChI is InChI=1S/C23H26N2/c1-5-19-11-7-9-13-22(19)24-16-21-15-17(3)25(18(21)4)23-14-10-8-12-20(23)6-2/h7-16H,5-6H2,1-4H3. The Hall–Kier alpha value is -2.61. The molecular formula is C23H26N2. The summed E-state index contributed by atoms with van der Waals surface area (Å²) in [6, 6.07) is 19.2. The van der Waals surface area contributed by atoms with Crippen LogP contribution in [-0.4, -0.2) is 10.8 Å². The van der Waals surface area contributed by atoms with Crippen molar-refractivity contribution in [3.8, 4) is 5.69 Å². The van der Waals surface area contributed by atoms with E-state index < -0.39 is 0 Å². The lowest BCUT2D eigenvalue weighted by Crippen LogP contribution is -2.03. The third-order valence-corrected chi connectivity index (χ3v) is 4.80. The zero-order valence-electron chi connectivity index (χ0n) is 15.6. The van der Waals surface area contributed by atoms with Gasteiger partial charge < -0.3 is 4.57 Å². The Balaban J connectivity index is 2.02. The molecule has 128 valence electrons. The van der Waals surface area contributed by atoms with Gasteiger partial charge in [-0.25, -0.2) is 0 Å². The van der Waals surface area contributed by atoms with E-state index in [1.54, 1.807) is 0 Å². The summed E-state index contributed by atoms with van der Waals surface area (Å²) in [4.78, 5) is 4.76. The molecule has 0 aliphatic carbocycles. The first kappa shape index (κ1) is 17.2. The molecule has 2 nitrogen and oxygen atoms in total. The largest absolute Gasteiger partial charge is 0.318 e. The zero-order valence-corrected chi connectivity index (χ0v) is 15.6. The van der Waals surface area contributed by atoms with E-state index in [4.69, 9.17) is 4.99 Å². The molecule has 0 saturated heterocycles. The highest BCUT2D eigenvalue weighted by atomic mass is 15.0. The van der Waals surface area contributed by atoms with E-state index in [0.29, 0.717) is 0 Å². The summed E-state index contributed by atoms with van der Waals surface area (Å²) in [7, 11) is 0. The van der Waals surface area contributed by atoms with Crippen LogP contribution in [0.3, 0.4) is 0 Å². The topological polar surface area (TPSA) is 17.3 Å². The van der Waals surface area contributed by atoms with Crippen LogP contribution in [0.2, 0.25) is 0 Å². The van der Waals surface area contributed by atoms with Gasteiger partial charge in [-0.1, -0.05) is 50.2 Å². The van der Waals surface area contributed by atoms with Gasteiger partial charge in [-0.15, -0.1) is 0 Å². The van der Waals surface area contributed by atoms with E-state index in [1.165, 1.54) is 33.8 Å². The molecule has 0 saturated carbocycles. The van der Waals surface area contributed by atoms with Crippen molar-refractivity contribution in [2.75, 3.05) is 0 Å². The number of nitrogens with zero attached hydrogens (tertiary/aromatic N) is 2. The van der Waals surface area contributed by atoms with Crippen LogP contribution in [0.1, 0.15) is 41.9 Å². The van der Waals surface area contributed by atoms with Crippen molar-refractivity contribution in [2.24, 2.45) is 4.99 Å². The molecule has 0 amide bonds. The Kier molecular flexibility index (Phi) is 5.18. The lowest BCUT2D eigenvalue weighted by molar-refractivity contribution is 0.937. The van der Waals surface area contributed by atoms with Gasteiger partial charge in [-0.3, -0.25) is 4.99 Å². The van der Waals surface area contributed by atoms with E-state index in [2.05, 4.69) is 80.8 Å². The number of hydrogen-bond acceptors (Lipinski definition) is 1. The van der Waals surface area contributed by atoms with Crippen LogP contribution in [-0.2, 0) is 12.8 Å². The summed E-state index contributed by atoms with van der Waals surface area (Å²) in [6.45, 7) is 8.71. The van der Waals surface area contributed by atoms with Crippen molar-refractivity contribution in [1.29, 1.82) is 0 Å². The molecule has 1 aromatic heterocycles. The van der Waals surface area contributed by atoms with Gasteiger partial charge in [-0.05, 0) is 56.0 Å². The van der Waals surface area contributed by atoms with Gasteiger partial charge in [0.1, 0.15) is 0 Å². The molecule has 0 spiro atoms. The number of aromatic nitrogens is 1. The summed E-state index contributed by atoms with van der Waals surface area (Å²) in [5.74, 6) is 0. The van der Waals surface area contributed by atoms with E-state index in [1.807, 2.05) is 12.3 Å². The van der Waals surface area contributed by atoms with Crippen LogP contribution in [0.25, 0.3) is 5.69 Å². The molecule has 25 heavy (non-hydrogen) atoms. The molecule has 0 N–H and O–H groups in total. The lowest BCUT2D eigenvalue weighted by atomic mass is 10.1. The van der Waals surface area contributed by atoms with Gasteiger partial charge in [0.25, 0.3) is 0 Å². The second kappa shape index (κ2) is 7.52. The highest BCUT2D eigenvalue weighted by Gasteiger charge is 2.11. The van der Waals surface area contributed by atoms with Crippen molar-refractivity contribution in [3.63, 3.8) is 0 Å². The summed E-state index contributed by atoms with van der Waals surface area (Å²) in [6.07, 6.45) is 4.03. The minimum absolute atomic E-state index is 0.996. The second-order valence-electron chi connectivity index (χ2n) is 6.38. The number of hydrogen-bond donors (Lipinski definition) is 0. The number of rotatable bonds is 5. The molecule has 0 aliphatic rings. The average Bonchev–Trinajstić information content (AvgIpc) is 2.93. The van der Waals surface area contributed by atoms with Crippen molar-refractivity contribution < 1.29 is 0 Å². The fourth-order valence-corrected chi connectivity index (χ4v) is 3.39. The maximum atomic E-state index is 4.76. The van der Waals surface area contributed by atoms with Crippen molar-refractivity contribution in [2.45, 2.75) is 40.5 Å². The monoisotopic (exact) mass is 330 g/mol. The lowest BCUT2D eigenvalue weighted by Gasteiger charge is -2.13. The van der Waals surface area contributed by atoms with Gasteiger partial charge in [0.2, 0.25) is 0 Å². The molecule has 1 heterocycles. The highest BCUT2D eigenvalue weighted by Crippen LogP contribution is 2.24. The molecule has 3 rings (SSSR count). The molecule has 0 aliphatic heterocycles. The third-order valence-electron chi connectivity index (χ3n) is 4.80. The Morgan fingerprint density at radius 3 is 2.24 bits per heavy atom. The number of aryl methyl sites for hydroxylation is 3. The quantitative estimate of drug-likeness (QED) is 0.513. The maximum Gasteiger partial charge on any atom is 0.0661 e. The summed E-state index contributed by atoms with van der Waals surface area (Å²) in [5.41, 5.74) is 8.62. The van der Waals surface area contributed by atoms with Crippen LogP contribution in [0.5, 0.6) is 0 Å². The van der Waals surface area contributed by atoms with Crippen molar-refractivity contribution >= 4 is 11.9 Å². The first-order chi connectivity index (χ1) is 12.2. The Morgan fingerprint density at radius 1 is 0.880 bits per heavy atom. The van der Waals surface area contributed by atoms with Crippen LogP contribution in [0.15, 0.2) is 59.6 Å². The Morgan fingerprint density at radius 2 is 1.52 bits per heavy atom. The zero-order chi connectivity index (χ0) is 17.8. The molecule has 0 bridgehead atoms. The SMILES string of the molecule is CCc1ccccc1N=Cc1cc(C)n(-c2ccccc2CC)c1C. The number of para-hydroxylation sites is 2. The van der Waals surface area contributed by atoms with E-state index in [9.17, 15) is 0 Å². The van der Waals surface area contributed by atoms with E-state index >= 15 is 0 Å². The minimum Gasteiger partial charge on any atom is -0.318 e. The van der Waals surface area contributed by atoms with Crippen molar-refractivity contribution in [1.82, 2.24) is 4.57 Å². The minimum atomic E-state index is 0.996. The maximum absolute atomic E-state index is 4.76. The molecule has 0 fully saturated rings. The predicted molar refractivity (Wildman–Crippen MR) is 108 cm³/mol. The molecule has 2 heteroatoms. The average molecular weight is 330 g/mol. The van der Waals surface area contributed by atoms with Crippen LogP contribution < -0.4 is 0 Å². The van der Waals surface area contributed by atoms with Crippen LogP contribution in [0.4, 0.5) is 5.69 Å². The summed E-state index contributed by atoms with van der Waals surface area (Å²) in [5, 5.41) is 0. The van der Waals surface area contributed by atoms with Gasteiger partial charge in [0.15, 0.2) is 0 Å². The molecule has 0 atom stereocenters. The highest BCUT2D eigenvalue weighted by molar-refractivity contribution is 5.84. The second-order valence-corrected chi connectivity index (χ2v) is 6.38. The first-order valence-corrected chi connectivity index (χ1v) is 9.04. The van der Waals surface area contributed by atoms with Gasteiger partial charge in [0, 0.05) is 28.9 Å². The molecule has 2 aromatic carbocycles. The normalized spacial score (nSPS) is 11.4. The predicted octanol–water partition coefficient (Wildman–Crippen LogP) is 5.97. The molecule has 3 aromatic rings. The Labute approximate surface area is 150 Å². The summed E-state index contributed by atoms with van der Waals surface area (Å²) >= 11 is 0. The van der Waals surface area contributed by atoms with E-state index in [0.717, 1.165) is 18.5 Å². The van der Waals surface area contributed by atoms with Crippen molar-refractivity contribution in [3.05, 3.63) is 82.7 Å². The molecule has 0 unspecified atom stereocenters. The van der Waals surface area contributed by atoms with Gasteiger partial charge in [0.05, 0.1) is 5.69 Å². The fourth-order valence-electron chi connectivity index (χ4n) is 3.39. The molecule has 0 radical (unpaired) electrons. The number of aliphatic imine (C=N–C) groups is 1. The van der Waals surface area contributed by atoms with Crippen LogP contribution in [0, 0.1) is 13.8 Å². The fraction of sp³-hybridized carbons (Fsp3) is 0.261. The first-order valence-electron chi connectivity index (χ1n) is 9.04.